The Hall–Kier alpha value is -3.33. The molecule has 6 heteroatoms. The molecule has 0 aliphatic rings. The van der Waals surface area contributed by atoms with Crippen LogP contribution >= 0.6 is 0 Å². The minimum atomic E-state index is -0.434. The molecule has 0 bridgehead atoms. The van der Waals surface area contributed by atoms with Crippen LogP contribution in [0.2, 0.25) is 0 Å². The highest BCUT2D eigenvalue weighted by Crippen LogP contribution is 2.21. The molecule has 0 spiro atoms. The largest absolute Gasteiger partial charge is 0.497 e. The van der Waals surface area contributed by atoms with Gasteiger partial charge in [0.15, 0.2) is 0 Å². The summed E-state index contributed by atoms with van der Waals surface area (Å²) < 4.78 is 5.13. The van der Waals surface area contributed by atoms with E-state index in [4.69, 9.17) is 10.00 Å². The van der Waals surface area contributed by atoms with Crippen molar-refractivity contribution in [3.8, 4) is 11.8 Å². The summed E-state index contributed by atoms with van der Waals surface area (Å²) in [5.74, 6) is 0.282. The van der Waals surface area contributed by atoms with Crippen molar-refractivity contribution >= 4 is 17.5 Å². The highest BCUT2D eigenvalue weighted by molar-refractivity contribution is 5.91. The SMILES string of the molecule is COc1ccc(C(CC(=O)Nc2ccc(CC#N)cc2)NC(C)=O)cc1. The second-order valence-corrected chi connectivity index (χ2v) is 5.81. The van der Waals surface area contributed by atoms with Gasteiger partial charge in [-0.3, -0.25) is 9.59 Å². The van der Waals surface area contributed by atoms with Crippen molar-refractivity contribution in [2.24, 2.45) is 0 Å². The zero-order valence-corrected chi connectivity index (χ0v) is 14.8. The molecule has 0 aliphatic carbocycles. The highest BCUT2D eigenvalue weighted by Gasteiger charge is 2.17. The van der Waals surface area contributed by atoms with Gasteiger partial charge in [-0.25, -0.2) is 0 Å². The predicted octanol–water partition coefficient (Wildman–Crippen LogP) is 2.97. The Bertz CT molecular complexity index is 793. The van der Waals surface area contributed by atoms with Crippen LogP contribution in [0.1, 0.15) is 30.5 Å². The van der Waals surface area contributed by atoms with E-state index in [-0.39, 0.29) is 18.2 Å². The lowest BCUT2D eigenvalue weighted by molar-refractivity contribution is -0.120. The van der Waals surface area contributed by atoms with Gasteiger partial charge in [0.1, 0.15) is 5.75 Å². The Morgan fingerprint density at radius 1 is 1.12 bits per heavy atom. The van der Waals surface area contributed by atoms with E-state index in [1.807, 2.05) is 12.1 Å². The Balaban J connectivity index is 2.05. The maximum absolute atomic E-state index is 12.4. The standard InChI is InChI=1S/C20H21N3O3/c1-14(24)22-19(16-5-9-18(26-2)10-6-16)13-20(25)23-17-7-3-15(4-8-17)11-12-21/h3-10,19H,11,13H2,1-2H3,(H,22,24)(H,23,25). The average molecular weight is 351 g/mol. The first kappa shape index (κ1) is 19.0. The lowest BCUT2D eigenvalue weighted by Crippen LogP contribution is -2.29. The van der Waals surface area contributed by atoms with Crippen LogP contribution in [0.15, 0.2) is 48.5 Å². The third-order valence-electron chi connectivity index (χ3n) is 3.81. The normalized spacial score (nSPS) is 11.1. The molecular formula is C20H21N3O3. The van der Waals surface area contributed by atoms with E-state index in [2.05, 4.69) is 16.7 Å². The summed E-state index contributed by atoms with van der Waals surface area (Å²) in [7, 11) is 1.58. The van der Waals surface area contributed by atoms with E-state index >= 15 is 0 Å². The number of rotatable bonds is 7. The van der Waals surface area contributed by atoms with Crippen LogP contribution in [0.5, 0.6) is 5.75 Å². The number of benzene rings is 2. The average Bonchev–Trinajstić information content (AvgIpc) is 2.63. The van der Waals surface area contributed by atoms with Crippen LogP contribution in [-0.2, 0) is 16.0 Å². The van der Waals surface area contributed by atoms with E-state index in [1.54, 1.807) is 43.5 Å². The van der Waals surface area contributed by atoms with Crippen LogP contribution in [0, 0.1) is 11.3 Å². The molecule has 2 N–H and O–H groups in total. The third kappa shape index (κ3) is 5.64. The van der Waals surface area contributed by atoms with Crippen molar-refractivity contribution in [3.05, 3.63) is 59.7 Å². The molecular weight excluding hydrogens is 330 g/mol. The summed E-state index contributed by atoms with van der Waals surface area (Å²) in [4.78, 5) is 23.9. The van der Waals surface area contributed by atoms with E-state index < -0.39 is 6.04 Å². The maximum atomic E-state index is 12.4. The number of hydrogen-bond donors (Lipinski definition) is 2. The molecule has 2 aromatic carbocycles. The van der Waals surface area contributed by atoms with E-state index in [1.165, 1.54) is 6.92 Å². The number of ether oxygens (including phenoxy) is 1. The first-order chi connectivity index (χ1) is 12.5. The fourth-order valence-electron chi connectivity index (χ4n) is 2.53. The van der Waals surface area contributed by atoms with Crippen LogP contribution < -0.4 is 15.4 Å². The molecule has 6 nitrogen and oxygen atoms in total. The predicted molar refractivity (Wildman–Crippen MR) is 98.6 cm³/mol. The van der Waals surface area contributed by atoms with Gasteiger partial charge in [0, 0.05) is 12.6 Å². The molecule has 134 valence electrons. The molecule has 2 amide bonds. The van der Waals surface area contributed by atoms with Crippen LogP contribution in [0.25, 0.3) is 0 Å². The fraction of sp³-hybridized carbons (Fsp3) is 0.250. The fourth-order valence-corrected chi connectivity index (χ4v) is 2.53. The molecule has 0 aliphatic heterocycles. The van der Waals surface area contributed by atoms with Gasteiger partial charge in [0.2, 0.25) is 11.8 Å². The molecule has 2 aromatic rings. The minimum Gasteiger partial charge on any atom is -0.497 e. The summed E-state index contributed by atoms with van der Waals surface area (Å²) in [6.07, 6.45) is 0.433. The maximum Gasteiger partial charge on any atom is 0.226 e. The van der Waals surface area contributed by atoms with Gasteiger partial charge in [-0.1, -0.05) is 24.3 Å². The summed E-state index contributed by atoms with van der Waals surface area (Å²) in [5, 5.41) is 14.3. The van der Waals surface area contributed by atoms with Gasteiger partial charge in [-0.05, 0) is 35.4 Å². The first-order valence-corrected chi connectivity index (χ1v) is 8.18. The van der Waals surface area contributed by atoms with E-state index in [9.17, 15) is 9.59 Å². The molecule has 26 heavy (non-hydrogen) atoms. The topological polar surface area (TPSA) is 91.2 Å². The minimum absolute atomic E-state index is 0.103. The number of nitrogens with zero attached hydrogens (tertiary/aromatic N) is 1. The van der Waals surface area contributed by atoms with Gasteiger partial charge < -0.3 is 15.4 Å². The van der Waals surface area contributed by atoms with Crippen LogP contribution in [0.3, 0.4) is 0 Å². The molecule has 0 saturated heterocycles. The molecule has 2 rings (SSSR count). The van der Waals surface area contributed by atoms with Gasteiger partial charge in [-0.15, -0.1) is 0 Å². The number of nitriles is 1. The first-order valence-electron chi connectivity index (χ1n) is 8.18. The number of methoxy groups -OCH3 is 1. The van der Waals surface area contributed by atoms with E-state index in [0.29, 0.717) is 17.9 Å². The summed E-state index contributed by atoms with van der Waals surface area (Å²) in [6, 6.07) is 16.0. The second-order valence-electron chi connectivity index (χ2n) is 5.81. The molecule has 0 saturated carbocycles. The van der Waals surface area contributed by atoms with Crippen molar-refractivity contribution < 1.29 is 14.3 Å². The number of amides is 2. The zero-order chi connectivity index (χ0) is 18.9. The Kier molecular flexibility index (Phi) is 6.75. The van der Waals surface area contributed by atoms with Crippen molar-refractivity contribution in [2.45, 2.75) is 25.8 Å². The van der Waals surface area contributed by atoms with Gasteiger partial charge in [0.05, 0.1) is 32.1 Å². The van der Waals surface area contributed by atoms with Crippen LogP contribution in [-0.4, -0.2) is 18.9 Å². The number of hydrogen-bond acceptors (Lipinski definition) is 4. The number of anilines is 1. The smallest absolute Gasteiger partial charge is 0.226 e. The Morgan fingerprint density at radius 2 is 1.77 bits per heavy atom. The summed E-state index contributed by atoms with van der Waals surface area (Å²) in [6.45, 7) is 1.42. The Morgan fingerprint density at radius 3 is 2.31 bits per heavy atom. The molecule has 1 unspecified atom stereocenters. The monoisotopic (exact) mass is 351 g/mol. The van der Waals surface area contributed by atoms with Gasteiger partial charge in [-0.2, -0.15) is 5.26 Å². The van der Waals surface area contributed by atoms with Crippen molar-refractivity contribution in [1.29, 1.82) is 5.26 Å². The van der Waals surface area contributed by atoms with Crippen molar-refractivity contribution in [1.82, 2.24) is 5.32 Å². The number of nitrogens with one attached hydrogen (secondary N) is 2. The zero-order valence-electron chi connectivity index (χ0n) is 14.8. The molecule has 0 radical (unpaired) electrons. The van der Waals surface area contributed by atoms with E-state index in [0.717, 1.165) is 11.1 Å². The molecule has 0 aromatic heterocycles. The molecule has 0 fully saturated rings. The quantitative estimate of drug-likeness (QED) is 0.802. The third-order valence-corrected chi connectivity index (χ3v) is 3.81. The highest BCUT2D eigenvalue weighted by atomic mass is 16.5. The summed E-state index contributed by atoms with van der Waals surface area (Å²) in [5.41, 5.74) is 2.35. The molecule has 1 atom stereocenters. The van der Waals surface area contributed by atoms with Crippen LogP contribution in [0.4, 0.5) is 5.69 Å². The van der Waals surface area contributed by atoms with Crippen molar-refractivity contribution in [3.63, 3.8) is 0 Å². The second kappa shape index (κ2) is 9.23. The lowest BCUT2D eigenvalue weighted by Gasteiger charge is -2.18. The summed E-state index contributed by atoms with van der Waals surface area (Å²) >= 11 is 0. The number of carbonyl (C=O) groups excluding carboxylic acids is 2. The Labute approximate surface area is 152 Å². The number of carbonyl (C=O) groups is 2. The lowest BCUT2D eigenvalue weighted by atomic mass is 10.0. The van der Waals surface area contributed by atoms with Crippen molar-refractivity contribution in [2.75, 3.05) is 12.4 Å². The molecule has 0 heterocycles. The van der Waals surface area contributed by atoms with Gasteiger partial charge >= 0.3 is 0 Å². The van der Waals surface area contributed by atoms with Gasteiger partial charge in [0.25, 0.3) is 0 Å².